The van der Waals surface area contributed by atoms with Gasteiger partial charge < -0.3 is 20.0 Å². The maximum Gasteiger partial charge on any atom is 0.257 e. The average molecular weight is 382 g/mol. The fraction of sp³-hybridized carbons (Fsp3) is 0.476. The second-order valence-corrected chi connectivity index (χ2v) is 8.05. The number of anilines is 1. The summed E-state index contributed by atoms with van der Waals surface area (Å²) in [4.78, 5) is 25.2. The molecule has 2 fully saturated rings. The number of aliphatic hydroxyl groups excluding tert-OH is 2. The summed E-state index contributed by atoms with van der Waals surface area (Å²) in [7, 11) is 3.70. The zero-order chi connectivity index (χ0) is 20.1. The van der Waals surface area contributed by atoms with E-state index in [0.29, 0.717) is 23.8 Å². The van der Waals surface area contributed by atoms with Crippen LogP contribution in [0.1, 0.15) is 27.5 Å². The number of benzene rings is 1. The molecule has 4 atom stereocenters. The standard InChI is InChI=1S/C21H26N4O3/c1-13-15(9-22-20(23-13)24(2)3)19(28)25-10-17(27)21(12-25)16(11-26)18(21)14-7-5-4-6-8-14/h4-9,16-18,26-27H,10-12H2,1-3H3/t16-,17+,18-,21-/m1/s1. The minimum atomic E-state index is -0.666. The van der Waals surface area contributed by atoms with Gasteiger partial charge in [0.2, 0.25) is 5.95 Å². The van der Waals surface area contributed by atoms with Crippen molar-refractivity contribution in [3.05, 3.63) is 53.3 Å². The smallest absolute Gasteiger partial charge is 0.257 e. The van der Waals surface area contributed by atoms with E-state index in [1.807, 2.05) is 44.4 Å². The molecule has 2 N–H and O–H groups in total. The first-order valence-corrected chi connectivity index (χ1v) is 9.54. The number of aromatic nitrogens is 2. The summed E-state index contributed by atoms with van der Waals surface area (Å²) < 4.78 is 0. The third-order valence-corrected chi connectivity index (χ3v) is 6.28. The van der Waals surface area contributed by atoms with Crippen LogP contribution in [-0.4, -0.2) is 70.9 Å². The third-order valence-electron chi connectivity index (χ3n) is 6.28. The summed E-state index contributed by atoms with van der Waals surface area (Å²) in [5, 5.41) is 20.8. The molecule has 0 bridgehead atoms. The number of hydrogen-bond acceptors (Lipinski definition) is 6. The second kappa shape index (κ2) is 6.83. The molecule has 7 nitrogen and oxygen atoms in total. The number of likely N-dealkylation sites (tertiary alicyclic amines) is 1. The highest BCUT2D eigenvalue weighted by Gasteiger charge is 2.71. The number of β-amino-alcohol motifs (C(OH)–C–C–N with tert-alkyl or cyclic N) is 1. The number of carbonyl (C=O) groups is 1. The summed E-state index contributed by atoms with van der Waals surface area (Å²) in [6.45, 7) is 2.48. The number of rotatable bonds is 4. The van der Waals surface area contributed by atoms with Gasteiger partial charge in [0.25, 0.3) is 5.91 Å². The van der Waals surface area contributed by atoms with Gasteiger partial charge in [-0.05, 0) is 24.3 Å². The fourth-order valence-corrected chi connectivity index (χ4v) is 4.77. The van der Waals surface area contributed by atoms with Gasteiger partial charge in [-0.1, -0.05) is 30.3 Å². The lowest BCUT2D eigenvalue weighted by Crippen LogP contribution is -2.31. The highest BCUT2D eigenvalue weighted by molar-refractivity contribution is 5.95. The van der Waals surface area contributed by atoms with E-state index in [0.717, 1.165) is 5.56 Å². The van der Waals surface area contributed by atoms with Crippen LogP contribution in [0, 0.1) is 18.3 Å². The Morgan fingerprint density at radius 3 is 2.64 bits per heavy atom. The summed E-state index contributed by atoms with van der Waals surface area (Å²) in [6.07, 6.45) is 0.892. The molecule has 28 heavy (non-hydrogen) atoms. The molecule has 2 heterocycles. The average Bonchev–Trinajstić information content (AvgIpc) is 3.22. The summed E-state index contributed by atoms with van der Waals surface area (Å²) in [5.41, 5.74) is 1.69. The van der Waals surface area contributed by atoms with E-state index in [9.17, 15) is 15.0 Å². The van der Waals surface area contributed by atoms with Crippen molar-refractivity contribution in [2.45, 2.75) is 18.9 Å². The molecule has 1 aliphatic heterocycles. The molecule has 1 saturated carbocycles. The molecule has 7 heteroatoms. The van der Waals surface area contributed by atoms with Gasteiger partial charge in [-0.15, -0.1) is 0 Å². The van der Waals surface area contributed by atoms with Crippen LogP contribution in [-0.2, 0) is 0 Å². The topological polar surface area (TPSA) is 89.8 Å². The number of amides is 1. The normalized spacial score (nSPS) is 28.6. The Bertz CT molecular complexity index is 888. The lowest BCUT2D eigenvalue weighted by Gasteiger charge is -2.18. The van der Waals surface area contributed by atoms with Crippen molar-refractivity contribution in [3.63, 3.8) is 0 Å². The van der Waals surface area contributed by atoms with Gasteiger partial charge in [0.05, 0.1) is 17.4 Å². The van der Waals surface area contributed by atoms with Crippen LogP contribution < -0.4 is 4.90 Å². The molecule has 4 rings (SSSR count). The van der Waals surface area contributed by atoms with Crippen LogP contribution in [0.5, 0.6) is 0 Å². The number of carbonyl (C=O) groups excluding carboxylic acids is 1. The third kappa shape index (κ3) is 2.77. The van der Waals surface area contributed by atoms with Crippen LogP contribution in [0.4, 0.5) is 5.95 Å². The van der Waals surface area contributed by atoms with Crippen LogP contribution in [0.3, 0.4) is 0 Å². The van der Waals surface area contributed by atoms with E-state index < -0.39 is 11.5 Å². The van der Waals surface area contributed by atoms with Crippen LogP contribution in [0.2, 0.25) is 0 Å². The summed E-state index contributed by atoms with van der Waals surface area (Å²) >= 11 is 0. The van der Waals surface area contributed by atoms with Gasteiger partial charge >= 0.3 is 0 Å². The number of aliphatic hydroxyl groups is 2. The maximum absolute atomic E-state index is 13.1. The van der Waals surface area contributed by atoms with Crippen molar-refractivity contribution >= 4 is 11.9 Å². The molecule has 0 radical (unpaired) electrons. The predicted molar refractivity (Wildman–Crippen MR) is 105 cm³/mol. The van der Waals surface area contributed by atoms with E-state index in [2.05, 4.69) is 9.97 Å². The monoisotopic (exact) mass is 382 g/mol. The molecule has 2 aromatic rings. The maximum atomic E-state index is 13.1. The van der Waals surface area contributed by atoms with Crippen molar-refractivity contribution in [3.8, 4) is 0 Å². The zero-order valence-corrected chi connectivity index (χ0v) is 16.4. The highest BCUT2D eigenvalue weighted by atomic mass is 16.3. The van der Waals surface area contributed by atoms with Gasteiger partial charge in [-0.3, -0.25) is 4.79 Å². The Labute approximate surface area is 164 Å². The molecule has 2 aliphatic rings. The van der Waals surface area contributed by atoms with E-state index in [1.165, 1.54) is 0 Å². The molecular formula is C21H26N4O3. The Kier molecular flexibility index (Phi) is 4.59. The molecule has 1 spiro atoms. The predicted octanol–water partition coefficient (Wildman–Crippen LogP) is 1.06. The Hall–Kier alpha value is -2.51. The Morgan fingerprint density at radius 1 is 1.32 bits per heavy atom. The van der Waals surface area contributed by atoms with Gasteiger partial charge in [-0.25, -0.2) is 9.97 Å². The van der Waals surface area contributed by atoms with E-state index >= 15 is 0 Å². The minimum Gasteiger partial charge on any atom is -0.396 e. The number of nitrogens with zero attached hydrogens (tertiary/aromatic N) is 4. The molecule has 1 saturated heterocycles. The molecule has 1 aromatic heterocycles. The first-order valence-electron chi connectivity index (χ1n) is 9.54. The van der Waals surface area contributed by atoms with E-state index in [1.54, 1.807) is 22.9 Å². The van der Waals surface area contributed by atoms with E-state index in [4.69, 9.17) is 0 Å². The molecule has 0 unspecified atom stereocenters. The quantitative estimate of drug-likeness (QED) is 0.822. The molecule has 1 amide bonds. The number of hydrogen-bond donors (Lipinski definition) is 2. The van der Waals surface area contributed by atoms with Crippen LogP contribution in [0.15, 0.2) is 36.5 Å². The van der Waals surface area contributed by atoms with Gasteiger partial charge in [0, 0.05) is 45.4 Å². The lowest BCUT2D eigenvalue weighted by molar-refractivity contribution is 0.0762. The molecule has 148 valence electrons. The largest absolute Gasteiger partial charge is 0.396 e. The fourth-order valence-electron chi connectivity index (χ4n) is 4.77. The number of aryl methyl sites for hydroxylation is 1. The SMILES string of the molecule is Cc1nc(N(C)C)ncc1C(=O)N1C[C@H](O)[C@@]2(C1)[C@H](CO)[C@H]2c1ccccc1. The Morgan fingerprint density at radius 2 is 2.04 bits per heavy atom. The summed E-state index contributed by atoms with van der Waals surface area (Å²) in [6, 6.07) is 9.93. The first kappa shape index (κ1) is 18.8. The second-order valence-electron chi connectivity index (χ2n) is 8.05. The van der Waals surface area contributed by atoms with E-state index in [-0.39, 0.29) is 30.9 Å². The first-order chi connectivity index (χ1) is 13.4. The Balaban J connectivity index is 1.58. The van der Waals surface area contributed by atoms with Crippen LogP contribution >= 0.6 is 0 Å². The van der Waals surface area contributed by atoms with Gasteiger partial charge in [0.1, 0.15) is 0 Å². The minimum absolute atomic E-state index is 0.00166. The van der Waals surface area contributed by atoms with Gasteiger partial charge in [0.15, 0.2) is 0 Å². The van der Waals surface area contributed by atoms with Crippen molar-refractivity contribution in [1.29, 1.82) is 0 Å². The van der Waals surface area contributed by atoms with Gasteiger partial charge in [-0.2, -0.15) is 0 Å². The molecule has 1 aliphatic carbocycles. The van der Waals surface area contributed by atoms with Crippen molar-refractivity contribution in [1.82, 2.24) is 14.9 Å². The van der Waals surface area contributed by atoms with Crippen molar-refractivity contribution < 1.29 is 15.0 Å². The molecular weight excluding hydrogens is 356 g/mol. The highest BCUT2D eigenvalue weighted by Crippen LogP contribution is 2.68. The van der Waals surface area contributed by atoms with Crippen molar-refractivity contribution in [2.24, 2.45) is 11.3 Å². The van der Waals surface area contributed by atoms with Crippen LogP contribution in [0.25, 0.3) is 0 Å². The zero-order valence-electron chi connectivity index (χ0n) is 16.4. The lowest BCUT2D eigenvalue weighted by atomic mass is 9.95. The van der Waals surface area contributed by atoms with Crippen molar-refractivity contribution in [2.75, 3.05) is 38.7 Å². The summed E-state index contributed by atoms with van der Waals surface area (Å²) in [5.74, 6) is 0.393. The molecule has 1 aromatic carbocycles.